The highest BCUT2D eigenvalue weighted by Crippen LogP contribution is 2.41. The van der Waals surface area contributed by atoms with Crippen LogP contribution < -0.4 is 0 Å². The van der Waals surface area contributed by atoms with Gasteiger partial charge in [0.25, 0.3) is 0 Å². The van der Waals surface area contributed by atoms with E-state index in [1.165, 1.54) is 0 Å². The highest BCUT2D eigenvalue weighted by Gasteiger charge is 2.37. The SMILES string of the molecule is Cc1ccc2c(c1)c1cc(C)ccc1n2-c1cc(-c2cc(C(F)(F)F)cc(C(F)(F)F)c2)cc(-n2c3ccc(C)cc3c3cc(C)ccc32)n1. The molecule has 0 spiro atoms. The number of nitrogens with zero attached hydrogens (tertiary/aromatic N) is 3. The number of benzene rings is 5. The Bertz CT molecular complexity index is 2380. The first-order valence-corrected chi connectivity index (χ1v) is 16.0. The molecule has 0 radical (unpaired) electrons. The van der Waals surface area contributed by atoms with E-state index < -0.39 is 23.5 Å². The number of hydrogen-bond donors (Lipinski definition) is 0. The number of aryl methyl sites for hydroxylation is 4. The molecular formula is C41H29F6N3. The molecule has 8 aromatic rings. The Balaban J connectivity index is 1.52. The summed E-state index contributed by atoms with van der Waals surface area (Å²) in [6.07, 6.45) is -10.0. The van der Waals surface area contributed by atoms with Gasteiger partial charge in [0.05, 0.1) is 33.2 Å². The summed E-state index contributed by atoms with van der Waals surface area (Å²) in [5.41, 5.74) is 4.56. The molecule has 3 nitrogen and oxygen atoms in total. The van der Waals surface area contributed by atoms with E-state index in [0.717, 1.165) is 78.0 Å². The molecule has 0 N–H and O–H groups in total. The van der Waals surface area contributed by atoms with Crippen LogP contribution in [-0.4, -0.2) is 14.1 Å². The third kappa shape index (κ3) is 5.19. The molecule has 9 heteroatoms. The van der Waals surface area contributed by atoms with Gasteiger partial charge in [-0.25, -0.2) is 4.98 Å². The first-order chi connectivity index (χ1) is 23.7. The molecule has 0 aliphatic rings. The molecule has 5 aromatic carbocycles. The van der Waals surface area contributed by atoms with Crippen LogP contribution in [0.1, 0.15) is 33.4 Å². The van der Waals surface area contributed by atoms with E-state index in [0.29, 0.717) is 11.6 Å². The lowest BCUT2D eigenvalue weighted by atomic mass is 9.99. The van der Waals surface area contributed by atoms with Crippen molar-refractivity contribution in [2.45, 2.75) is 40.0 Å². The Morgan fingerprint density at radius 1 is 0.400 bits per heavy atom. The van der Waals surface area contributed by atoms with Gasteiger partial charge >= 0.3 is 12.4 Å². The summed E-state index contributed by atoms with van der Waals surface area (Å²) in [5, 5.41) is 3.83. The lowest BCUT2D eigenvalue weighted by molar-refractivity contribution is -0.143. The van der Waals surface area contributed by atoms with Crippen molar-refractivity contribution in [2.75, 3.05) is 0 Å². The summed E-state index contributed by atoms with van der Waals surface area (Å²) >= 11 is 0. The minimum atomic E-state index is -5.00. The predicted octanol–water partition coefficient (Wildman–Crippen LogP) is 12.2. The summed E-state index contributed by atoms with van der Waals surface area (Å²) in [6, 6.07) is 28.8. The van der Waals surface area contributed by atoms with Gasteiger partial charge in [0, 0.05) is 21.5 Å². The third-order valence-corrected chi connectivity index (χ3v) is 9.33. The Labute approximate surface area is 283 Å². The van der Waals surface area contributed by atoms with E-state index >= 15 is 0 Å². The van der Waals surface area contributed by atoms with Crippen LogP contribution >= 0.6 is 0 Å². The predicted molar refractivity (Wildman–Crippen MR) is 187 cm³/mol. The van der Waals surface area contributed by atoms with Gasteiger partial charge in [0.15, 0.2) is 0 Å². The smallest absolute Gasteiger partial charge is 0.294 e. The second-order valence-corrected chi connectivity index (χ2v) is 13.1. The van der Waals surface area contributed by atoms with Crippen molar-refractivity contribution in [3.63, 3.8) is 0 Å². The number of aromatic nitrogens is 3. The molecule has 0 bridgehead atoms. The van der Waals surface area contributed by atoms with Gasteiger partial charge in [-0.1, -0.05) is 46.5 Å². The zero-order valence-electron chi connectivity index (χ0n) is 27.4. The van der Waals surface area contributed by atoms with Gasteiger partial charge in [0.1, 0.15) is 11.6 Å². The van der Waals surface area contributed by atoms with Crippen LogP contribution in [0.2, 0.25) is 0 Å². The monoisotopic (exact) mass is 677 g/mol. The molecule has 0 saturated carbocycles. The lowest BCUT2D eigenvalue weighted by Crippen LogP contribution is -2.11. The molecular weight excluding hydrogens is 648 g/mol. The molecule has 0 unspecified atom stereocenters. The maximum atomic E-state index is 14.1. The van der Waals surface area contributed by atoms with Gasteiger partial charge in [0.2, 0.25) is 0 Å². The molecule has 3 aromatic heterocycles. The largest absolute Gasteiger partial charge is 0.416 e. The van der Waals surface area contributed by atoms with E-state index in [2.05, 4.69) is 24.3 Å². The molecule has 0 atom stereocenters. The molecule has 3 heterocycles. The summed E-state index contributed by atoms with van der Waals surface area (Å²) in [6.45, 7) is 7.97. The fraction of sp³-hybridized carbons (Fsp3) is 0.146. The van der Waals surface area contributed by atoms with Gasteiger partial charge in [-0.15, -0.1) is 0 Å². The van der Waals surface area contributed by atoms with Crippen LogP contribution in [-0.2, 0) is 12.4 Å². The van der Waals surface area contributed by atoms with Crippen LogP contribution in [0.5, 0.6) is 0 Å². The zero-order valence-corrected chi connectivity index (χ0v) is 27.4. The molecule has 0 aliphatic carbocycles. The van der Waals surface area contributed by atoms with Crippen molar-refractivity contribution in [1.82, 2.24) is 14.1 Å². The quantitative estimate of drug-likeness (QED) is 0.171. The molecule has 250 valence electrons. The number of hydrogen-bond acceptors (Lipinski definition) is 1. The average Bonchev–Trinajstić information content (AvgIpc) is 3.54. The third-order valence-electron chi connectivity index (χ3n) is 9.33. The number of rotatable bonds is 3. The maximum absolute atomic E-state index is 14.1. The highest BCUT2D eigenvalue weighted by molar-refractivity contribution is 6.11. The van der Waals surface area contributed by atoms with Gasteiger partial charge in [-0.3, -0.25) is 9.13 Å². The van der Waals surface area contributed by atoms with E-state index in [9.17, 15) is 26.3 Å². The molecule has 0 amide bonds. The normalized spacial score (nSPS) is 12.6. The Hall–Kier alpha value is -5.57. The number of fused-ring (bicyclic) bond motifs is 6. The summed E-state index contributed by atoms with van der Waals surface area (Å²) in [5.74, 6) is 0.704. The molecule has 0 saturated heterocycles. The van der Waals surface area contributed by atoms with Gasteiger partial charge in [-0.2, -0.15) is 26.3 Å². The van der Waals surface area contributed by atoms with Crippen molar-refractivity contribution in [3.8, 4) is 22.8 Å². The molecule has 0 aliphatic heterocycles. The molecule has 0 fully saturated rings. The van der Waals surface area contributed by atoms with E-state index in [1.54, 1.807) is 12.1 Å². The summed E-state index contributed by atoms with van der Waals surface area (Å²) < 4.78 is 88.4. The Kier molecular flexibility index (Phi) is 6.95. The minimum Gasteiger partial charge on any atom is -0.294 e. The topological polar surface area (TPSA) is 22.8 Å². The molecule has 8 rings (SSSR count). The fourth-order valence-corrected chi connectivity index (χ4v) is 7.01. The van der Waals surface area contributed by atoms with Gasteiger partial charge < -0.3 is 0 Å². The fourth-order valence-electron chi connectivity index (χ4n) is 7.01. The zero-order chi connectivity index (χ0) is 35.3. The van der Waals surface area contributed by atoms with E-state index in [-0.39, 0.29) is 17.2 Å². The van der Waals surface area contributed by atoms with Gasteiger partial charge in [-0.05, 0) is 118 Å². The minimum absolute atomic E-state index is 0.155. The standard InChI is InChI=1S/C41H29F6N3/c1-22-5-9-34-30(13-22)31-14-23(2)6-10-35(31)49(34)38-19-27(26-17-28(40(42,43)44)21-29(18-26)41(45,46)47)20-39(48-38)50-36-11-7-24(3)15-32(36)33-16-25(4)8-12-37(33)50/h5-21H,1-4H3. The second-order valence-electron chi connectivity index (χ2n) is 13.1. The van der Waals surface area contributed by atoms with Crippen LogP contribution in [0.3, 0.4) is 0 Å². The highest BCUT2D eigenvalue weighted by atomic mass is 19.4. The number of halogens is 6. The Morgan fingerprint density at radius 2 is 0.700 bits per heavy atom. The molecule has 50 heavy (non-hydrogen) atoms. The van der Waals surface area contributed by atoms with Crippen molar-refractivity contribution >= 4 is 43.6 Å². The second kappa shape index (κ2) is 11.0. The number of alkyl halides is 6. The summed E-state index contributed by atoms with van der Waals surface area (Å²) in [7, 11) is 0. The average molecular weight is 678 g/mol. The van der Waals surface area contributed by atoms with Crippen LogP contribution in [0.25, 0.3) is 66.4 Å². The number of pyridine rings is 1. The van der Waals surface area contributed by atoms with E-state index in [4.69, 9.17) is 4.98 Å². The first kappa shape index (κ1) is 31.7. The van der Waals surface area contributed by atoms with Crippen molar-refractivity contribution in [2.24, 2.45) is 0 Å². The van der Waals surface area contributed by atoms with Crippen molar-refractivity contribution in [3.05, 3.63) is 137 Å². The van der Waals surface area contributed by atoms with Crippen LogP contribution in [0, 0.1) is 27.7 Å². The lowest BCUT2D eigenvalue weighted by Gasteiger charge is -2.17. The van der Waals surface area contributed by atoms with Crippen molar-refractivity contribution < 1.29 is 26.3 Å². The first-order valence-electron chi connectivity index (χ1n) is 16.0. The van der Waals surface area contributed by atoms with Crippen LogP contribution in [0.15, 0.2) is 103 Å². The maximum Gasteiger partial charge on any atom is 0.416 e. The van der Waals surface area contributed by atoms with Crippen molar-refractivity contribution in [1.29, 1.82) is 0 Å². The summed E-state index contributed by atoms with van der Waals surface area (Å²) in [4.78, 5) is 5.16. The Morgan fingerprint density at radius 3 is 1.00 bits per heavy atom. The van der Waals surface area contributed by atoms with Crippen LogP contribution in [0.4, 0.5) is 26.3 Å². The van der Waals surface area contributed by atoms with E-state index in [1.807, 2.05) is 85.4 Å².